The largest absolute Gasteiger partial charge is 0.481 e. The average Bonchev–Trinajstić information content (AvgIpc) is 2.25. The molecule has 1 aromatic carbocycles. The zero-order chi connectivity index (χ0) is 12.0. The molecule has 1 N–H and O–H groups in total. The number of benzene rings is 1. The number of carbonyl (C=O) groups is 1. The van der Waals surface area contributed by atoms with Gasteiger partial charge in [-0.1, -0.05) is 41.1 Å². The molecule has 1 rings (SSSR count). The first-order valence-electron chi connectivity index (χ1n) is 5.21. The van der Waals surface area contributed by atoms with Crippen molar-refractivity contribution in [3.8, 4) is 0 Å². The highest BCUT2D eigenvalue weighted by Crippen LogP contribution is 2.28. The van der Waals surface area contributed by atoms with Gasteiger partial charge in [-0.3, -0.25) is 4.79 Å². The van der Waals surface area contributed by atoms with Crippen molar-refractivity contribution in [3.05, 3.63) is 34.3 Å². The van der Waals surface area contributed by atoms with Gasteiger partial charge in [-0.2, -0.15) is 11.8 Å². The van der Waals surface area contributed by atoms with E-state index < -0.39 is 11.9 Å². The molecule has 0 aliphatic heterocycles. The van der Waals surface area contributed by atoms with Crippen LogP contribution in [0, 0.1) is 0 Å². The summed E-state index contributed by atoms with van der Waals surface area (Å²) in [7, 11) is 0. The predicted octanol–water partition coefficient (Wildman–Crippen LogP) is 3.76. The van der Waals surface area contributed by atoms with Gasteiger partial charge in [0.1, 0.15) is 0 Å². The third-order valence-corrected chi connectivity index (χ3v) is 3.99. The second-order valence-corrected chi connectivity index (χ2v) is 5.65. The Balaban J connectivity index is 2.78. The van der Waals surface area contributed by atoms with Crippen LogP contribution in [0.3, 0.4) is 0 Å². The molecule has 0 spiro atoms. The van der Waals surface area contributed by atoms with Gasteiger partial charge in [0.25, 0.3) is 0 Å². The Morgan fingerprint density at radius 2 is 2.19 bits per heavy atom. The van der Waals surface area contributed by atoms with Gasteiger partial charge >= 0.3 is 5.97 Å². The molecule has 0 amide bonds. The molecule has 0 aromatic heterocycles. The summed E-state index contributed by atoms with van der Waals surface area (Å²) in [5.41, 5.74) is 0.867. The van der Waals surface area contributed by atoms with Crippen molar-refractivity contribution in [2.45, 2.75) is 19.3 Å². The van der Waals surface area contributed by atoms with Crippen LogP contribution in [-0.2, 0) is 4.79 Å². The fourth-order valence-electron chi connectivity index (χ4n) is 1.52. The Kier molecular flexibility index (Phi) is 5.91. The van der Waals surface area contributed by atoms with Gasteiger partial charge in [0.15, 0.2) is 0 Å². The fraction of sp³-hybridized carbons (Fsp3) is 0.417. The van der Waals surface area contributed by atoms with Crippen LogP contribution in [0.4, 0.5) is 0 Å². The Morgan fingerprint density at radius 3 is 2.75 bits per heavy atom. The second kappa shape index (κ2) is 6.97. The van der Waals surface area contributed by atoms with Crippen LogP contribution in [0.15, 0.2) is 28.7 Å². The van der Waals surface area contributed by atoms with Gasteiger partial charge in [0.2, 0.25) is 0 Å². The monoisotopic (exact) mass is 302 g/mol. The lowest BCUT2D eigenvalue weighted by Gasteiger charge is -2.13. The van der Waals surface area contributed by atoms with Crippen LogP contribution in [0.25, 0.3) is 0 Å². The Hall–Kier alpha value is -0.480. The molecule has 0 heterocycles. The number of hydrogen-bond acceptors (Lipinski definition) is 2. The topological polar surface area (TPSA) is 37.3 Å². The number of aliphatic carboxylic acids is 1. The number of carboxylic acid groups (broad SMARTS) is 1. The molecule has 0 bridgehead atoms. The number of thioether (sulfide) groups is 1. The van der Waals surface area contributed by atoms with Gasteiger partial charge in [0.05, 0.1) is 5.92 Å². The van der Waals surface area contributed by atoms with E-state index in [9.17, 15) is 9.90 Å². The normalized spacial score (nSPS) is 12.4. The summed E-state index contributed by atoms with van der Waals surface area (Å²) in [6.45, 7) is 2.08. The highest BCUT2D eigenvalue weighted by Gasteiger charge is 2.21. The smallest absolute Gasteiger partial charge is 0.311 e. The minimum atomic E-state index is -0.747. The van der Waals surface area contributed by atoms with Crippen molar-refractivity contribution in [1.82, 2.24) is 0 Å². The summed E-state index contributed by atoms with van der Waals surface area (Å²) >= 11 is 5.18. The first-order valence-corrected chi connectivity index (χ1v) is 7.16. The Morgan fingerprint density at radius 1 is 1.50 bits per heavy atom. The van der Waals surface area contributed by atoms with E-state index >= 15 is 0 Å². The third-order valence-electron chi connectivity index (χ3n) is 2.33. The van der Waals surface area contributed by atoms with Gasteiger partial charge < -0.3 is 5.11 Å². The predicted molar refractivity (Wildman–Crippen MR) is 72.1 cm³/mol. The molecule has 16 heavy (non-hydrogen) atoms. The zero-order valence-corrected chi connectivity index (χ0v) is 11.6. The minimum absolute atomic E-state index is 0.408. The maximum absolute atomic E-state index is 11.2. The van der Waals surface area contributed by atoms with E-state index in [0.29, 0.717) is 6.42 Å². The maximum atomic E-state index is 11.2. The molecule has 0 aliphatic rings. The van der Waals surface area contributed by atoms with E-state index in [0.717, 1.165) is 21.5 Å². The van der Waals surface area contributed by atoms with Crippen LogP contribution >= 0.6 is 27.7 Å². The Labute approximate surface area is 109 Å². The summed E-state index contributed by atoms with van der Waals surface area (Å²) in [5.74, 6) is 0.759. The molecule has 2 nitrogen and oxygen atoms in total. The molecule has 4 heteroatoms. The highest BCUT2D eigenvalue weighted by molar-refractivity contribution is 9.10. The average molecular weight is 303 g/mol. The lowest BCUT2D eigenvalue weighted by Crippen LogP contribution is -2.13. The van der Waals surface area contributed by atoms with Crippen molar-refractivity contribution < 1.29 is 9.90 Å². The molecule has 1 unspecified atom stereocenters. The van der Waals surface area contributed by atoms with Gasteiger partial charge in [-0.25, -0.2) is 0 Å². The molecule has 1 aromatic rings. The van der Waals surface area contributed by atoms with Crippen LogP contribution in [-0.4, -0.2) is 22.6 Å². The number of rotatable bonds is 6. The summed E-state index contributed by atoms with van der Waals surface area (Å²) in [6.07, 6.45) is 0.677. The molecular formula is C12H15BrO2S. The number of carboxylic acids is 1. The lowest BCUT2D eigenvalue weighted by atomic mass is 9.97. The van der Waals surface area contributed by atoms with E-state index in [4.69, 9.17) is 0 Å². The van der Waals surface area contributed by atoms with Crippen molar-refractivity contribution in [1.29, 1.82) is 0 Å². The number of halogens is 1. The first-order chi connectivity index (χ1) is 7.66. The van der Waals surface area contributed by atoms with Gasteiger partial charge in [-0.15, -0.1) is 0 Å². The van der Waals surface area contributed by atoms with Crippen molar-refractivity contribution in [3.63, 3.8) is 0 Å². The number of hydrogen-bond donors (Lipinski definition) is 1. The standard InChI is InChI=1S/C12H15BrO2S/c1-2-16-8-7-10(12(14)15)9-5-3-4-6-11(9)13/h3-6,10H,2,7-8H2,1H3,(H,14,15). The van der Waals surface area contributed by atoms with Gasteiger partial charge in [0, 0.05) is 4.47 Å². The summed E-state index contributed by atoms with van der Waals surface area (Å²) in [5, 5.41) is 9.22. The molecule has 0 fully saturated rings. The second-order valence-electron chi connectivity index (χ2n) is 3.40. The van der Waals surface area contributed by atoms with Crippen LogP contribution in [0.5, 0.6) is 0 Å². The van der Waals surface area contributed by atoms with Crippen LogP contribution in [0.2, 0.25) is 0 Å². The van der Waals surface area contributed by atoms with Crippen molar-refractivity contribution in [2.24, 2.45) is 0 Å². The highest BCUT2D eigenvalue weighted by atomic mass is 79.9. The molecule has 88 valence electrons. The van der Waals surface area contributed by atoms with Crippen LogP contribution < -0.4 is 0 Å². The lowest BCUT2D eigenvalue weighted by molar-refractivity contribution is -0.138. The molecular weight excluding hydrogens is 288 g/mol. The summed E-state index contributed by atoms with van der Waals surface area (Å²) < 4.78 is 0.879. The van der Waals surface area contributed by atoms with Gasteiger partial charge in [-0.05, 0) is 29.6 Å². The quantitative estimate of drug-likeness (QED) is 0.813. The minimum Gasteiger partial charge on any atom is -0.481 e. The zero-order valence-electron chi connectivity index (χ0n) is 9.15. The molecule has 0 radical (unpaired) electrons. The third kappa shape index (κ3) is 3.83. The van der Waals surface area contributed by atoms with E-state index in [1.54, 1.807) is 11.8 Å². The molecule has 0 saturated carbocycles. The molecule has 0 aliphatic carbocycles. The first kappa shape index (κ1) is 13.6. The van der Waals surface area contributed by atoms with Crippen LogP contribution in [0.1, 0.15) is 24.8 Å². The SMILES string of the molecule is CCSCCC(C(=O)O)c1ccccc1Br. The van der Waals surface area contributed by atoms with Crippen molar-refractivity contribution in [2.75, 3.05) is 11.5 Å². The van der Waals surface area contributed by atoms with Crippen molar-refractivity contribution >= 4 is 33.7 Å². The molecule has 1 atom stereocenters. The Bertz CT molecular complexity index is 355. The summed E-state index contributed by atoms with van der Waals surface area (Å²) in [4.78, 5) is 11.2. The summed E-state index contributed by atoms with van der Waals surface area (Å²) in [6, 6.07) is 7.54. The van der Waals surface area contributed by atoms with E-state index in [-0.39, 0.29) is 0 Å². The molecule has 0 saturated heterocycles. The van der Waals surface area contributed by atoms with E-state index in [2.05, 4.69) is 22.9 Å². The maximum Gasteiger partial charge on any atom is 0.311 e. The fourth-order valence-corrected chi connectivity index (χ4v) is 2.77. The van der Waals surface area contributed by atoms with E-state index in [1.807, 2.05) is 24.3 Å². The van der Waals surface area contributed by atoms with E-state index in [1.165, 1.54) is 0 Å².